The number of rotatable bonds is 8. The number of aryl methyl sites for hydroxylation is 1. The predicted molar refractivity (Wildman–Crippen MR) is 101 cm³/mol. The van der Waals surface area contributed by atoms with Crippen molar-refractivity contribution in [2.75, 3.05) is 5.75 Å². The van der Waals surface area contributed by atoms with E-state index in [1.165, 1.54) is 30.2 Å². The van der Waals surface area contributed by atoms with Gasteiger partial charge in [-0.05, 0) is 44.2 Å². The molecule has 1 atom stereocenters. The Bertz CT molecular complexity index is 722. The minimum Gasteiger partial charge on any atom is -0.349 e. The molecule has 1 aromatic carbocycles. The van der Waals surface area contributed by atoms with E-state index in [4.69, 9.17) is 0 Å². The molecule has 5 nitrogen and oxygen atoms in total. The number of nitrogens with zero attached hydrogens (tertiary/aromatic N) is 3. The van der Waals surface area contributed by atoms with Gasteiger partial charge in [-0.3, -0.25) is 4.79 Å². The maximum atomic E-state index is 12.3. The van der Waals surface area contributed by atoms with Gasteiger partial charge in [0.05, 0.1) is 11.8 Å². The average molecular weight is 359 g/mol. The van der Waals surface area contributed by atoms with Crippen LogP contribution in [0.4, 0.5) is 0 Å². The summed E-state index contributed by atoms with van der Waals surface area (Å²) < 4.78 is 2.14. The van der Waals surface area contributed by atoms with Crippen molar-refractivity contribution < 1.29 is 4.79 Å². The van der Waals surface area contributed by atoms with Crippen molar-refractivity contribution in [1.82, 2.24) is 20.1 Å². The second kappa shape index (κ2) is 8.04. The minimum atomic E-state index is 0.00470. The van der Waals surface area contributed by atoms with E-state index >= 15 is 0 Å². The molecule has 1 heterocycles. The van der Waals surface area contributed by atoms with Crippen LogP contribution in [0.1, 0.15) is 62.5 Å². The van der Waals surface area contributed by atoms with Gasteiger partial charge in [0, 0.05) is 12.5 Å². The Morgan fingerprint density at radius 3 is 2.60 bits per heavy atom. The zero-order valence-electron chi connectivity index (χ0n) is 15.2. The molecule has 25 heavy (non-hydrogen) atoms. The van der Waals surface area contributed by atoms with Crippen LogP contribution in [0.3, 0.4) is 0 Å². The fourth-order valence-electron chi connectivity index (χ4n) is 2.89. The SMILES string of the molecule is CCc1ccc([C@H](C)NC(=O)CSc2nnc(C3CC3)n2CC)cc1. The molecule has 0 spiro atoms. The number of thioether (sulfide) groups is 1. The third kappa shape index (κ3) is 4.42. The van der Waals surface area contributed by atoms with Gasteiger partial charge in [-0.25, -0.2) is 0 Å². The molecular weight excluding hydrogens is 332 g/mol. The molecule has 0 bridgehead atoms. The Balaban J connectivity index is 1.53. The summed E-state index contributed by atoms with van der Waals surface area (Å²) in [5, 5.41) is 12.5. The number of hydrogen-bond acceptors (Lipinski definition) is 4. The molecule has 1 saturated carbocycles. The fraction of sp³-hybridized carbons (Fsp3) is 0.526. The van der Waals surface area contributed by atoms with Crippen LogP contribution in [0.15, 0.2) is 29.4 Å². The van der Waals surface area contributed by atoms with Crippen LogP contribution in [-0.4, -0.2) is 26.4 Å². The van der Waals surface area contributed by atoms with Gasteiger partial charge in [0.15, 0.2) is 5.16 Å². The zero-order valence-corrected chi connectivity index (χ0v) is 16.0. The van der Waals surface area contributed by atoms with Gasteiger partial charge < -0.3 is 9.88 Å². The minimum absolute atomic E-state index is 0.00470. The number of benzene rings is 1. The zero-order chi connectivity index (χ0) is 17.8. The Morgan fingerprint density at radius 2 is 2.00 bits per heavy atom. The summed E-state index contributed by atoms with van der Waals surface area (Å²) in [7, 11) is 0. The third-order valence-corrected chi connectivity index (χ3v) is 5.57. The highest BCUT2D eigenvalue weighted by molar-refractivity contribution is 7.99. The van der Waals surface area contributed by atoms with Crippen LogP contribution >= 0.6 is 11.8 Å². The lowest BCUT2D eigenvalue weighted by atomic mass is 10.1. The van der Waals surface area contributed by atoms with Crippen molar-refractivity contribution in [2.45, 2.75) is 63.7 Å². The van der Waals surface area contributed by atoms with Crippen molar-refractivity contribution in [1.29, 1.82) is 0 Å². The van der Waals surface area contributed by atoms with Crippen molar-refractivity contribution in [2.24, 2.45) is 0 Å². The highest BCUT2D eigenvalue weighted by Gasteiger charge is 2.30. The van der Waals surface area contributed by atoms with Crippen molar-refractivity contribution in [3.05, 3.63) is 41.2 Å². The molecule has 134 valence electrons. The Kier molecular flexibility index (Phi) is 5.78. The van der Waals surface area contributed by atoms with Gasteiger partial charge in [-0.2, -0.15) is 0 Å². The first-order valence-corrected chi connectivity index (χ1v) is 10.0. The standard InChI is InChI=1S/C19H26N4OS/c1-4-14-6-8-15(9-7-14)13(3)20-17(24)12-25-19-22-21-18(16-10-11-16)23(19)5-2/h6-9,13,16H,4-5,10-12H2,1-3H3,(H,20,24)/t13-/m0/s1. The van der Waals surface area contributed by atoms with Crippen LogP contribution in [0.25, 0.3) is 0 Å². The van der Waals surface area contributed by atoms with Crippen LogP contribution in [-0.2, 0) is 17.8 Å². The first kappa shape index (κ1) is 18.0. The van der Waals surface area contributed by atoms with E-state index in [0.717, 1.165) is 29.5 Å². The molecule has 3 rings (SSSR count). The quantitative estimate of drug-likeness (QED) is 0.731. The smallest absolute Gasteiger partial charge is 0.230 e. The van der Waals surface area contributed by atoms with E-state index < -0.39 is 0 Å². The van der Waals surface area contributed by atoms with Crippen LogP contribution < -0.4 is 5.32 Å². The number of nitrogens with one attached hydrogen (secondary N) is 1. The normalized spacial score (nSPS) is 15.2. The summed E-state index contributed by atoms with van der Waals surface area (Å²) >= 11 is 1.47. The molecule has 0 unspecified atom stereocenters. The van der Waals surface area contributed by atoms with Gasteiger partial charge >= 0.3 is 0 Å². The van der Waals surface area contributed by atoms with Crippen molar-refractivity contribution >= 4 is 17.7 Å². The molecule has 2 aromatic rings. The number of carbonyl (C=O) groups excluding carboxylic acids is 1. The van der Waals surface area contributed by atoms with E-state index in [9.17, 15) is 4.79 Å². The second-order valence-electron chi connectivity index (χ2n) is 6.53. The highest BCUT2D eigenvalue weighted by Crippen LogP contribution is 2.39. The fourth-order valence-corrected chi connectivity index (χ4v) is 3.71. The summed E-state index contributed by atoms with van der Waals surface area (Å²) in [4.78, 5) is 12.3. The van der Waals surface area contributed by atoms with Gasteiger partial charge in [0.1, 0.15) is 5.82 Å². The lowest BCUT2D eigenvalue weighted by Crippen LogP contribution is -2.28. The first-order valence-electron chi connectivity index (χ1n) is 9.06. The maximum Gasteiger partial charge on any atom is 0.230 e. The summed E-state index contributed by atoms with van der Waals surface area (Å²) in [5.41, 5.74) is 2.44. The first-order chi connectivity index (χ1) is 12.1. The molecule has 1 N–H and O–H groups in total. The van der Waals surface area contributed by atoms with E-state index in [-0.39, 0.29) is 11.9 Å². The van der Waals surface area contributed by atoms with Gasteiger partial charge in [0.25, 0.3) is 0 Å². The number of carbonyl (C=O) groups is 1. The molecule has 1 aliphatic carbocycles. The number of aromatic nitrogens is 3. The Morgan fingerprint density at radius 1 is 1.28 bits per heavy atom. The lowest BCUT2D eigenvalue weighted by Gasteiger charge is -2.14. The molecule has 1 amide bonds. The van der Waals surface area contributed by atoms with E-state index in [1.54, 1.807) is 0 Å². The topological polar surface area (TPSA) is 59.8 Å². The van der Waals surface area contributed by atoms with Crippen LogP contribution in [0.2, 0.25) is 0 Å². The summed E-state index contributed by atoms with van der Waals surface area (Å²) in [6.07, 6.45) is 3.44. The average Bonchev–Trinajstić information content (AvgIpc) is 3.39. The van der Waals surface area contributed by atoms with Crippen LogP contribution in [0.5, 0.6) is 0 Å². The van der Waals surface area contributed by atoms with Gasteiger partial charge in [0.2, 0.25) is 5.91 Å². The lowest BCUT2D eigenvalue weighted by molar-refractivity contribution is -0.119. The van der Waals surface area contributed by atoms with E-state index in [0.29, 0.717) is 11.7 Å². The summed E-state index contributed by atoms with van der Waals surface area (Å²) in [5.74, 6) is 2.03. The van der Waals surface area contributed by atoms with E-state index in [1.807, 2.05) is 6.92 Å². The summed E-state index contributed by atoms with van der Waals surface area (Å²) in [6, 6.07) is 8.43. The number of amides is 1. The predicted octanol–water partition coefficient (Wildman–Crippen LogP) is 3.71. The molecule has 1 aromatic heterocycles. The molecule has 6 heteroatoms. The third-order valence-electron chi connectivity index (χ3n) is 4.60. The molecular formula is C19H26N4OS. The van der Waals surface area contributed by atoms with Gasteiger partial charge in [-0.1, -0.05) is 43.0 Å². The van der Waals surface area contributed by atoms with Crippen LogP contribution in [0, 0.1) is 0 Å². The van der Waals surface area contributed by atoms with Gasteiger partial charge in [-0.15, -0.1) is 10.2 Å². The van der Waals surface area contributed by atoms with Crippen molar-refractivity contribution in [3.63, 3.8) is 0 Å². The molecule has 1 aliphatic rings. The summed E-state index contributed by atoms with van der Waals surface area (Å²) in [6.45, 7) is 7.11. The molecule has 0 aliphatic heterocycles. The molecule has 0 radical (unpaired) electrons. The molecule has 1 fully saturated rings. The Labute approximate surface area is 153 Å². The molecule has 0 saturated heterocycles. The number of hydrogen-bond donors (Lipinski definition) is 1. The second-order valence-corrected chi connectivity index (χ2v) is 7.47. The monoisotopic (exact) mass is 358 g/mol. The largest absolute Gasteiger partial charge is 0.349 e. The maximum absolute atomic E-state index is 12.3. The van der Waals surface area contributed by atoms with E-state index in [2.05, 4.69) is 58.2 Å². The highest BCUT2D eigenvalue weighted by atomic mass is 32.2. The van der Waals surface area contributed by atoms with Crippen molar-refractivity contribution in [3.8, 4) is 0 Å². The Hall–Kier alpha value is -1.82.